The third-order valence-electron chi connectivity index (χ3n) is 15.3. The number of aliphatic hydroxyl groups is 1. The average molecular weight is 1100 g/mol. The maximum atomic E-state index is 14.5. The maximum absolute atomic E-state index is 14.5. The number of rotatable bonds is 31. The molecule has 2 aliphatic heterocycles. The quantitative estimate of drug-likeness (QED) is 0.0402. The lowest BCUT2D eigenvalue weighted by Crippen LogP contribution is -2.59. The number of likely N-dealkylation sites (tertiary alicyclic amines) is 2. The summed E-state index contributed by atoms with van der Waals surface area (Å²) in [6, 6.07) is 5.19. The number of benzene rings is 1. The fraction of sp³-hybridized carbons (Fsp3) is 0.741. The number of nitrogens with one attached hydrogen (secondary N) is 2. The Labute approximate surface area is 464 Å². The predicted molar refractivity (Wildman–Crippen MR) is 294 cm³/mol. The molecular formula is C58H94N6O14. The number of hydrogen-bond acceptors (Lipinski definition) is 15. The van der Waals surface area contributed by atoms with Gasteiger partial charge in [-0.05, 0) is 76.4 Å². The molecule has 0 aliphatic carbocycles. The van der Waals surface area contributed by atoms with Gasteiger partial charge < -0.3 is 58.9 Å². The Morgan fingerprint density at radius 1 is 0.795 bits per heavy atom. The van der Waals surface area contributed by atoms with Crippen LogP contribution < -0.4 is 10.6 Å². The largest absolute Gasteiger partial charge is 0.454 e. The van der Waals surface area contributed by atoms with Crippen LogP contribution >= 0.6 is 0 Å². The van der Waals surface area contributed by atoms with Crippen LogP contribution in [-0.2, 0) is 62.0 Å². The lowest BCUT2D eigenvalue weighted by atomic mass is 9.89. The maximum Gasteiger partial charge on any atom is 0.384 e. The molecule has 2 fully saturated rings. The highest BCUT2D eigenvalue weighted by Gasteiger charge is 2.44. The highest BCUT2D eigenvalue weighted by Crippen LogP contribution is 2.31. The molecule has 0 spiro atoms. The molecule has 13 atom stereocenters. The Balaban J connectivity index is 1.72. The molecule has 3 rings (SSSR count). The van der Waals surface area contributed by atoms with Gasteiger partial charge >= 0.3 is 11.9 Å². The van der Waals surface area contributed by atoms with Gasteiger partial charge in [0.1, 0.15) is 24.8 Å². The van der Waals surface area contributed by atoms with Crippen LogP contribution in [0.5, 0.6) is 0 Å². The molecule has 20 heteroatoms. The van der Waals surface area contributed by atoms with Crippen LogP contribution in [-0.4, -0.2) is 196 Å². The van der Waals surface area contributed by atoms with Gasteiger partial charge in [-0.15, -0.1) is 0 Å². The Morgan fingerprint density at radius 3 is 2.01 bits per heavy atom. The molecule has 5 amide bonds. The fourth-order valence-electron chi connectivity index (χ4n) is 10.7. The third-order valence-corrected chi connectivity index (χ3v) is 15.3. The molecule has 0 radical (unpaired) electrons. The first-order chi connectivity index (χ1) is 37.0. The van der Waals surface area contributed by atoms with Gasteiger partial charge in [0.15, 0.2) is 6.29 Å². The second-order valence-electron chi connectivity index (χ2n) is 21.7. The van der Waals surface area contributed by atoms with Crippen molar-refractivity contribution in [3.8, 4) is 11.8 Å². The van der Waals surface area contributed by atoms with Crippen LogP contribution in [0.25, 0.3) is 0 Å². The summed E-state index contributed by atoms with van der Waals surface area (Å²) >= 11 is 0. The van der Waals surface area contributed by atoms with E-state index in [0.717, 1.165) is 0 Å². The number of ether oxygens (including phenoxy) is 6. The van der Waals surface area contributed by atoms with E-state index in [1.54, 1.807) is 55.0 Å². The molecule has 20 nitrogen and oxygen atoms in total. The van der Waals surface area contributed by atoms with Crippen LogP contribution in [0.15, 0.2) is 30.3 Å². The van der Waals surface area contributed by atoms with Crippen molar-refractivity contribution >= 4 is 41.5 Å². The average Bonchev–Trinajstić information content (AvgIpc) is 4.14. The predicted octanol–water partition coefficient (Wildman–Crippen LogP) is 4.50. The van der Waals surface area contributed by atoms with Crippen LogP contribution in [0.4, 0.5) is 0 Å². The van der Waals surface area contributed by atoms with Gasteiger partial charge in [0.2, 0.25) is 29.5 Å². The zero-order valence-corrected chi connectivity index (χ0v) is 49.3. The molecule has 0 aromatic heterocycles. The molecule has 2 aliphatic rings. The normalized spacial score (nSPS) is 19.8. The zero-order chi connectivity index (χ0) is 58.4. The molecule has 0 bridgehead atoms. The van der Waals surface area contributed by atoms with E-state index >= 15 is 0 Å². The van der Waals surface area contributed by atoms with Crippen molar-refractivity contribution in [2.75, 3.05) is 68.8 Å². The number of hydrogen-bond donors (Lipinski definition) is 3. The molecule has 4 unspecified atom stereocenters. The summed E-state index contributed by atoms with van der Waals surface area (Å²) < 4.78 is 34.2. The number of methoxy groups -OCH3 is 3. The smallest absolute Gasteiger partial charge is 0.384 e. The molecule has 1 aromatic carbocycles. The highest BCUT2D eigenvalue weighted by molar-refractivity contribution is 5.91. The zero-order valence-electron chi connectivity index (χ0n) is 49.3. The van der Waals surface area contributed by atoms with Crippen molar-refractivity contribution in [1.82, 2.24) is 30.2 Å². The Hall–Kier alpha value is -5.17. The minimum Gasteiger partial charge on any atom is -0.454 e. The first kappa shape index (κ1) is 67.1. The molecule has 78 heavy (non-hydrogen) atoms. The monoisotopic (exact) mass is 1100 g/mol. The summed E-state index contributed by atoms with van der Waals surface area (Å²) in [5.41, 5.74) is 0.631. The van der Waals surface area contributed by atoms with E-state index in [-0.39, 0.29) is 79.8 Å². The van der Waals surface area contributed by atoms with Crippen molar-refractivity contribution in [2.45, 2.75) is 187 Å². The molecule has 3 N–H and O–H groups in total. The number of amides is 5. The minimum atomic E-state index is -0.939. The Morgan fingerprint density at radius 2 is 1.45 bits per heavy atom. The van der Waals surface area contributed by atoms with Crippen LogP contribution in [0, 0.1) is 35.5 Å². The number of esters is 2. The van der Waals surface area contributed by atoms with E-state index in [1.165, 1.54) is 26.2 Å². The summed E-state index contributed by atoms with van der Waals surface area (Å²) in [7, 11) is 9.84. The number of carbonyl (C=O) groups excluding carboxylic acids is 7. The van der Waals surface area contributed by atoms with Gasteiger partial charge in [-0.2, -0.15) is 0 Å². The molecule has 2 saturated heterocycles. The van der Waals surface area contributed by atoms with Crippen molar-refractivity contribution < 1.29 is 67.1 Å². The molecular weight excluding hydrogens is 1000 g/mol. The van der Waals surface area contributed by atoms with E-state index in [4.69, 9.17) is 28.4 Å². The Kier molecular flexibility index (Phi) is 28.8. The summed E-state index contributed by atoms with van der Waals surface area (Å²) in [4.78, 5) is 103. The number of nitrogens with zero attached hydrogens (tertiary/aromatic N) is 4. The van der Waals surface area contributed by atoms with E-state index < -0.39 is 84.8 Å². The van der Waals surface area contributed by atoms with Gasteiger partial charge in [0, 0.05) is 60.2 Å². The van der Waals surface area contributed by atoms with Gasteiger partial charge in [-0.1, -0.05) is 98.1 Å². The number of likely N-dealkylation sites (N-methyl/N-ethyl adjacent to an activating group) is 2. The summed E-state index contributed by atoms with van der Waals surface area (Å²) in [6.07, 6.45) is -0.339. The van der Waals surface area contributed by atoms with Crippen molar-refractivity contribution in [1.29, 1.82) is 0 Å². The van der Waals surface area contributed by atoms with Crippen molar-refractivity contribution in [3.05, 3.63) is 35.9 Å². The summed E-state index contributed by atoms with van der Waals surface area (Å²) in [6.45, 7) is 17.4. The van der Waals surface area contributed by atoms with Crippen LogP contribution in [0.1, 0.15) is 132 Å². The summed E-state index contributed by atoms with van der Waals surface area (Å²) in [5.74, 6) is 1.09. The minimum absolute atomic E-state index is 0.00922. The third kappa shape index (κ3) is 19.0. The Bertz CT molecular complexity index is 2120. The van der Waals surface area contributed by atoms with Crippen molar-refractivity contribution in [2.24, 2.45) is 23.7 Å². The van der Waals surface area contributed by atoms with E-state index in [1.807, 2.05) is 73.5 Å². The van der Waals surface area contributed by atoms with Crippen molar-refractivity contribution in [3.63, 3.8) is 0 Å². The molecule has 440 valence electrons. The van der Waals surface area contributed by atoms with E-state index in [2.05, 4.69) is 22.5 Å². The van der Waals surface area contributed by atoms with Gasteiger partial charge in [-0.25, -0.2) is 9.59 Å². The first-order valence-corrected chi connectivity index (χ1v) is 27.9. The van der Waals surface area contributed by atoms with Crippen LogP contribution in [0.2, 0.25) is 0 Å². The van der Waals surface area contributed by atoms with Gasteiger partial charge in [-0.3, -0.25) is 28.9 Å². The topological polar surface area (TPSA) is 232 Å². The van der Waals surface area contributed by atoms with Gasteiger partial charge in [0.25, 0.3) is 0 Å². The number of aliphatic hydroxyl groups excluding tert-OH is 1. The highest BCUT2D eigenvalue weighted by atomic mass is 16.7. The van der Waals surface area contributed by atoms with E-state index in [0.29, 0.717) is 57.2 Å². The lowest BCUT2D eigenvalue weighted by Gasteiger charge is -2.41. The SMILES string of the molecule is CCC(CO)OC(COC(=O)C#CCCC(=O)N1CCCC1C(=O)O[C@@H](c1ccccc1)[C@@H](C)NC(=O)[C@H](C)[C@@H](OC)[C@@H]1CCCN1C(=O)C[C@@H](OC)[C@H]([C@@H](C)CC)N(C)C(=O)C(NC(=O)[C@H](C(C)C)N(C)C)C(C)C)OC. The first-order valence-electron chi connectivity index (χ1n) is 27.9. The summed E-state index contributed by atoms with van der Waals surface area (Å²) in [5, 5.41) is 15.5. The standard InChI is InChI=1S/C58H94N6O14/c1-16-38(7)52(62(12)57(71)50(36(3)4)60-56(70)51(37(5)6)61(10)11)45(73-13)33-47(67)63-31-23-27-43(63)53(75-15)39(8)55(69)59-40(9)54(41-25-19-18-20-26-41)78-58(72)44-28-24-32-64(44)46(66)29-21-22-30-48(68)76-35-49(74-14)77-42(17-2)34-65/h18-20,25-26,36-40,42-45,49-54,65H,16-17,21,23-24,27-29,31-35H2,1-15H3,(H,59,69)(H,60,70)/t38-,39+,40+,42?,43-,44?,45+,49?,50?,51-,52-,53+,54+/m0/s1. The molecule has 1 aromatic rings. The fourth-order valence-corrected chi connectivity index (χ4v) is 10.7. The van der Waals surface area contributed by atoms with Gasteiger partial charge in [0.05, 0.1) is 61.4 Å². The number of carbonyl (C=O) groups is 7. The second-order valence-corrected chi connectivity index (χ2v) is 21.7. The second kappa shape index (κ2) is 33.4. The van der Waals surface area contributed by atoms with Crippen LogP contribution in [0.3, 0.4) is 0 Å². The van der Waals surface area contributed by atoms with E-state index in [9.17, 15) is 38.7 Å². The molecule has 2 heterocycles. The molecule has 0 saturated carbocycles. The lowest BCUT2D eigenvalue weighted by molar-refractivity contribution is -0.192.